The van der Waals surface area contributed by atoms with Gasteiger partial charge in [0, 0.05) is 38.5 Å². The molecule has 0 spiro atoms. The smallest absolute Gasteiger partial charge is 0.263 e. The predicted octanol–water partition coefficient (Wildman–Crippen LogP) is 2.63. The summed E-state index contributed by atoms with van der Waals surface area (Å²) in [4.78, 5) is 29.5. The normalized spacial score (nSPS) is 23.9. The van der Waals surface area contributed by atoms with Gasteiger partial charge in [0.1, 0.15) is 5.75 Å². The molecule has 3 aliphatic heterocycles. The molecule has 0 N–H and O–H groups in total. The lowest BCUT2D eigenvalue weighted by Crippen LogP contribution is -2.48. The Hall–Kier alpha value is -2.04. The lowest BCUT2D eigenvalue weighted by atomic mass is 9.94. The van der Waals surface area contributed by atoms with E-state index in [1.165, 1.54) is 12.8 Å². The summed E-state index contributed by atoms with van der Waals surface area (Å²) in [7, 11) is 0. The van der Waals surface area contributed by atoms with Crippen molar-refractivity contribution in [2.24, 2.45) is 5.92 Å². The fraction of sp³-hybridized carbons (Fsp3) is 0.619. The quantitative estimate of drug-likeness (QED) is 0.818. The van der Waals surface area contributed by atoms with Gasteiger partial charge in [0.05, 0.1) is 0 Å². The molecule has 1 aromatic carbocycles. The van der Waals surface area contributed by atoms with Gasteiger partial charge in [0.25, 0.3) is 5.91 Å². The molecule has 26 heavy (non-hydrogen) atoms. The molecule has 2 amide bonds. The van der Waals surface area contributed by atoms with E-state index in [-0.39, 0.29) is 11.8 Å². The summed E-state index contributed by atoms with van der Waals surface area (Å²) in [6.07, 6.45) is 6.54. The minimum atomic E-state index is -0.398. The first-order valence-corrected chi connectivity index (χ1v) is 10.0. The highest BCUT2D eigenvalue weighted by molar-refractivity contribution is 5.83. The van der Waals surface area contributed by atoms with Crippen LogP contribution < -0.4 is 4.74 Å². The maximum absolute atomic E-state index is 12.8. The average Bonchev–Trinajstić information content (AvgIpc) is 2.93. The van der Waals surface area contributed by atoms with E-state index in [0.717, 1.165) is 50.1 Å². The van der Waals surface area contributed by atoms with E-state index in [9.17, 15) is 9.59 Å². The van der Waals surface area contributed by atoms with Crippen molar-refractivity contribution in [3.05, 3.63) is 29.8 Å². The van der Waals surface area contributed by atoms with Crippen molar-refractivity contribution in [2.45, 2.75) is 51.0 Å². The van der Waals surface area contributed by atoms with Gasteiger partial charge in [0.15, 0.2) is 6.10 Å². The summed E-state index contributed by atoms with van der Waals surface area (Å²) in [6.45, 7) is 3.15. The van der Waals surface area contributed by atoms with E-state index in [2.05, 4.69) is 4.90 Å². The van der Waals surface area contributed by atoms with Crippen LogP contribution >= 0.6 is 0 Å². The molecule has 0 saturated carbocycles. The Balaban J connectivity index is 1.29. The third-order valence-electron chi connectivity index (χ3n) is 6.00. The van der Waals surface area contributed by atoms with Crippen LogP contribution in [0.5, 0.6) is 5.75 Å². The summed E-state index contributed by atoms with van der Waals surface area (Å²) >= 11 is 0. The van der Waals surface area contributed by atoms with E-state index in [4.69, 9.17) is 4.74 Å². The Morgan fingerprint density at radius 1 is 0.846 bits per heavy atom. The van der Waals surface area contributed by atoms with Crippen LogP contribution in [-0.2, 0) is 16.0 Å². The number of fused-ring (bicyclic) bond motifs is 1. The van der Waals surface area contributed by atoms with Crippen LogP contribution in [0.4, 0.5) is 0 Å². The van der Waals surface area contributed by atoms with Gasteiger partial charge in [-0.2, -0.15) is 0 Å². The number of hydrogen-bond donors (Lipinski definition) is 0. The number of carbonyl (C=O) groups excluding carboxylic acids is 2. The summed E-state index contributed by atoms with van der Waals surface area (Å²) < 4.78 is 5.84. The molecule has 4 rings (SSSR count). The zero-order chi connectivity index (χ0) is 17.9. The van der Waals surface area contributed by atoms with Crippen LogP contribution in [0, 0.1) is 5.92 Å². The van der Waals surface area contributed by atoms with E-state index < -0.39 is 6.10 Å². The number of carbonyl (C=O) groups is 2. The van der Waals surface area contributed by atoms with E-state index in [1.54, 1.807) is 0 Å². The highest BCUT2D eigenvalue weighted by atomic mass is 16.5. The molecule has 3 heterocycles. The molecule has 1 unspecified atom stereocenters. The number of benzene rings is 1. The second kappa shape index (κ2) is 7.68. The standard InChI is InChI=1S/C21H28N2O3/c24-20(22-11-5-1-2-6-12-22)16-9-13-23(14-10-16)21(25)19-15-17-7-3-4-8-18(17)26-19/h3-4,7-8,16,19H,1-2,5-6,9-15H2. The Labute approximate surface area is 155 Å². The molecule has 0 radical (unpaired) electrons. The second-order valence-corrected chi connectivity index (χ2v) is 7.76. The zero-order valence-electron chi connectivity index (χ0n) is 15.4. The van der Waals surface area contributed by atoms with Gasteiger partial charge in [-0.05, 0) is 37.3 Å². The molecule has 0 bridgehead atoms. The first-order chi connectivity index (χ1) is 12.7. The van der Waals surface area contributed by atoms with Crippen molar-refractivity contribution < 1.29 is 14.3 Å². The SMILES string of the molecule is O=C(C1CCN(C(=O)C2Cc3ccccc3O2)CC1)N1CCCCCC1. The molecular weight excluding hydrogens is 328 g/mol. The van der Waals surface area contributed by atoms with Crippen molar-refractivity contribution >= 4 is 11.8 Å². The highest BCUT2D eigenvalue weighted by Crippen LogP contribution is 2.30. The van der Waals surface area contributed by atoms with Crippen molar-refractivity contribution in [3.8, 4) is 5.75 Å². The van der Waals surface area contributed by atoms with Gasteiger partial charge in [-0.15, -0.1) is 0 Å². The van der Waals surface area contributed by atoms with Crippen LogP contribution in [0.1, 0.15) is 44.1 Å². The number of ether oxygens (including phenoxy) is 1. The van der Waals surface area contributed by atoms with Gasteiger partial charge < -0.3 is 14.5 Å². The molecule has 1 aromatic rings. The van der Waals surface area contributed by atoms with Crippen LogP contribution in [0.3, 0.4) is 0 Å². The van der Waals surface area contributed by atoms with Crippen LogP contribution in [0.25, 0.3) is 0 Å². The Morgan fingerprint density at radius 3 is 2.19 bits per heavy atom. The van der Waals surface area contributed by atoms with E-state index in [0.29, 0.717) is 25.4 Å². The molecule has 2 saturated heterocycles. The summed E-state index contributed by atoms with van der Waals surface area (Å²) in [5.41, 5.74) is 1.11. The predicted molar refractivity (Wildman–Crippen MR) is 98.9 cm³/mol. The first-order valence-electron chi connectivity index (χ1n) is 10.0. The van der Waals surface area contributed by atoms with Gasteiger partial charge in [0.2, 0.25) is 5.91 Å². The number of amides is 2. The molecule has 140 valence electrons. The molecule has 3 aliphatic rings. The topological polar surface area (TPSA) is 49.9 Å². The van der Waals surface area contributed by atoms with Crippen LogP contribution in [0.2, 0.25) is 0 Å². The molecule has 0 aliphatic carbocycles. The summed E-state index contributed by atoms with van der Waals surface area (Å²) in [5, 5.41) is 0. The van der Waals surface area contributed by atoms with Crippen LogP contribution in [0.15, 0.2) is 24.3 Å². The van der Waals surface area contributed by atoms with Crippen LogP contribution in [-0.4, -0.2) is 53.9 Å². The maximum Gasteiger partial charge on any atom is 0.263 e. The lowest BCUT2D eigenvalue weighted by molar-refractivity contribution is -0.143. The summed E-state index contributed by atoms with van der Waals surface area (Å²) in [6, 6.07) is 7.87. The zero-order valence-corrected chi connectivity index (χ0v) is 15.4. The third-order valence-corrected chi connectivity index (χ3v) is 6.00. The number of hydrogen-bond acceptors (Lipinski definition) is 3. The maximum atomic E-state index is 12.8. The summed E-state index contributed by atoms with van der Waals surface area (Å²) in [5.74, 6) is 1.29. The van der Waals surface area contributed by atoms with Gasteiger partial charge in [-0.1, -0.05) is 31.0 Å². The number of likely N-dealkylation sites (tertiary alicyclic amines) is 2. The Kier molecular flexibility index (Phi) is 5.14. The van der Waals surface area contributed by atoms with Gasteiger partial charge in [-0.3, -0.25) is 9.59 Å². The Morgan fingerprint density at radius 2 is 1.50 bits per heavy atom. The molecule has 1 atom stereocenters. The van der Waals surface area contributed by atoms with Gasteiger partial charge in [-0.25, -0.2) is 0 Å². The second-order valence-electron chi connectivity index (χ2n) is 7.76. The minimum absolute atomic E-state index is 0.0712. The first kappa shape index (κ1) is 17.4. The van der Waals surface area contributed by atoms with Gasteiger partial charge >= 0.3 is 0 Å². The molecule has 0 aromatic heterocycles. The lowest BCUT2D eigenvalue weighted by Gasteiger charge is -2.35. The number of para-hydroxylation sites is 1. The van der Waals surface area contributed by atoms with E-state index >= 15 is 0 Å². The monoisotopic (exact) mass is 356 g/mol. The molecule has 5 heteroatoms. The van der Waals surface area contributed by atoms with E-state index in [1.807, 2.05) is 29.2 Å². The Bertz CT molecular complexity index is 634. The third kappa shape index (κ3) is 3.57. The van der Waals surface area contributed by atoms with Crippen molar-refractivity contribution in [1.29, 1.82) is 0 Å². The minimum Gasteiger partial charge on any atom is -0.480 e. The highest BCUT2D eigenvalue weighted by Gasteiger charge is 2.36. The molecular formula is C21H28N2O3. The number of rotatable bonds is 2. The average molecular weight is 356 g/mol. The number of nitrogens with zero attached hydrogens (tertiary/aromatic N) is 2. The number of piperidine rings is 1. The fourth-order valence-corrected chi connectivity index (χ4v) is 4.42. The largest absolute Gasteiger partial charge is 0.480 e. The molecule has 2 fully saturated rings. The van der Waals surface area contributed by atoms with Crippen molar-refractivity contribution in [2.75, 3.05) is 26.2 Å². The van der Waals surface area contributed by atoms with Crippen molar-refractivity contribution in [1.82, 2.24) is 9.80 Å². The molecule has 5 nitrogen and oxygen atoms in total. The fourth-order valence-electron chi connectivity index (χ4n) is 4.42. The van der Waals surface area contributed by atoms with Crippen molar-refractivity contribution in [3.63, 3.8) is 0 Å².